The zero-order valence-electron chi connectivity index (χ0n) is 13.5. The van der Waals surface area contributed by atoms with Gasteiger partial charge < -0.3 is 9.72 Å². The molecule has 2 aromatic heterocycles. The van der Waals surface area contributed by atoms with Crippen molar-refractivity contribution >= 4 is 28.5 Å². The Bertz CT molecular complexity index is 1140. The summed E-state index contributed by atoms with van der Waals surface area (Å²) in [5.74, 6) is -0.451. The summed E-state index contributed by atoms with van der Waals surface area (Å²) < 4.78 is 18.4. The van der Waals surface area contributed by atoms with Crippen molar-refractivity contribution in [3.8, 4) is 22.8 Å². The molecule has 0 unspecified atom stereocenters. The van der Waals surface area contributed by atoms with Gasteiger partial charge in [-0.25, -0.2) is 14.2 Å². The van der Waals surface area contributed by atoms with Crippen molar-refractivity contribution in [3.63, 3.8) is 0 Å². The second-order valence-corrected chi connectivity index (χ2v) is 6.01. The third-order valence-electron chi connectivity index (χ3n) is 4.01. The van der Waals surface area contributed by atoms with Gasteiger partial charge in [-0.3, -0.25) is 5.10 Å². The number of hydrogen-bond donors (Lipinski definition) is 2. The number of nitrogens with one attached hydrogen (secondary N) is 2. The Morgan fingerprint density at radius 3 is 2.85 bits per heavy atom. The van der Waals surface area contributed by atoms with E-state index in [1.54, 1.807) is 30.5 Å². The predicted molar refractivity (Wildman–Crippen MR) is 95.4 cm³/mol. The first-order valence-electron chi connectivity index (χ1n) is 7.64. The number of fused-ring (bicyclic) bond motifs is 1. The van der Waals surface area contributed by atoms with E-state index in [0.29, 0.717) is 28.3 Å². The molecule has 0 saturated heterocycles. The summed E-state index contributed by atoms with van der Waals surface area (Å²) in [5.41, 5.74) is 2.94. The van der Waals surface area contributed by atoms with Crippen LogP contribution < -0.4 is 0 Å². The monoisotopic (exact) mass is 370 g/mol. The smallest absolute Gasteiger partial charge is 0.337 e. The molecule has 2 aromatic carbocycles. The minimum absolute atomic E-state index is 0.0575. The van der Waals surface area contributed by atoms with Gasteiger partial charge in [0, 0.05) is 10.9 Å². The van der Waals surface area contributed by atoms with E-state index in [1.165, 1.54) is 19.2 Å². The summed E-state index contributed by atoms with van der Waals surface area (Å²) in [6.45, 7) is 0. The van der Waals surface area contributed by atoms with Crippen LogP contribution in [0.3, 0.4) is 0 Å². The average molecular weight is 371 g/mol. The second-order valence-electron chi connectivity index (χ2n) is 5.60. The van der Waals surface area contributed by atoms with Crippen LogP contribution in [0.25, 0.3) is 33.7 Å². The number of hydrogen-bond acceptors (Lipinski definition) is 4. The molecule has 2 N–H and O–H groups in total. The van der Waals surface area contributed by atoms with Crippen LogP contribution >= 0.6 is 11.6 Å². The highest BCUT2D eigenvalue weighted by molar-refractivity contribution is 6.30. The maximum atomic E-state index is 13.7. The van der Waals surface area contributed by atoms with Crippen LogP contribution in [0.5, 0.6) is 0 Å². The topological polar surface area (TPSA) is 83.7 Å². The molecule has 0 amide bonds. The molecule has 6 nitrogen and oxygen atoms in total. The molecule has 8 heteroatoms. The molecular formula is C18H12ClFN4O2. The standard InChI is InChI=1S/C18H12ClFN4O2/c1-26-18(25)10-3-5-14-11(6-10)16(24-23-14)17-21-8-15(22-17)9-2-4-12(19)13(20)7-9/h2-8H,1H3,(H,21,22)(H,23,24). The van der Waals surface area contributed by atoms with Crippen LogP contribution in [0.15, 0.2) is 42.6 Å². The number of halogens is 2. The van der Waals surface area contributed by atoms with Crippen molar-refractivity contribution in [2.45, 2.75) is 0 Å². The van der Waals surface area contributed by atoms with Gasteiger partial charge in [0.25, 0.3) is 0 Å². The lowest BCUT2D eigenvalue weighted by Gasteiger charge is -2.00. The van der Waals surface area contributed by atoms with Gasteiger partial charge in [-0.1, -0.05) is 17.7 Å². The summed E-state index contributed by atoms with van der Waals surface area (Å²) in [7, 11) is 1.33. The highest BCUT2D eigenvalue weighted by Gasteiger charge is 2.15. The summed E-state index contributed by atoms with van der Waals surface area (Å²) in [6, 6.07) is 9.60. The Hall–Kier alpha value is -3.19. The highest BCUT2D eigenvalue weighted by Crippen LogP contribution is 2.28. The molecule has 26 heavy (non-hydrogen) atoms. The third-order valence-corrected chi connectivity index (χ3v) is 4.32. The molecule has 4 aromatic rings. The van der Waals surface area contributed by atoms with Gasteiger partial charge in [0.1, 0.15) is 11.5 Å². The number of methoxy groups -OCH3 is 1. The number of benzene rings is 2. The average Bonchev–Trinajstić information content (AvgIpc) is 3.29. The van der Waals surface area contributed by atoms with Gasteiger partial charge in [-0.05, 0) is 30.3 Å². The number of esters is 1. The Morgan fingerprint density at radius 2 is 2.08 bits per heavy atom. The molecule has 0 aliphatic rings. The molecule has 0 fully saturated rings. The Balaban J connectivity index is 1.77. The minimum Gasteiger partial charge on any atom is -0.465 e. The van der Waals surface area contributed by atoms with E-state index >= 15 is 0 Å². The minimum atomic E-state index is -0.506. The molecule has 0 atom stereocenters. The molecule has 0 bridgehead atoms. The van der Waals surface area contributed by atoms with Crippen LogP contribution in [0.2, 0.25) is 5.02 Å². The van der Waals surface area contributed by atoms with Crippen LogP contribution in [-0.2, 0) is 4.74 Å². The SMILES string of the molecule is COC(=O)c1ccc2[nH]nc(-c3ncc(-c4ccc(Cl)c(F)c4)[nH]3)c2c1. The number of ether oxygens (including phenoxy) is 1. The van der Waals surface area contributed by atoms with Gasteiger partial charge in [0.15, 0.2) is 5.82 Å². The molecule has 0 spiro atoms. The fourth-order valence-electron chi connectivity index (χ4n) is 2.69. The summed E-state index contributed by atoms with van der Waals surface area (Å²) in [4.78, 5) is 19.2. The van der Waals surface area contributed by atoms with E-state index in [4.69, 9.17) is 16.3 Å². The van der Waals surface area contributed by atoms with Gasteiger partial charge in [0.2, 0.25) is 0 Å². The Kier molecular flexibility index (Phi) is 3.93. The van der Waals surface area contributed by atoms with Crippen molar-refractivity contribution in [2.75, 3.05) is 7.11 Å². The normalized spacial score (nSPS) is 11.0. The Labute approximate surface area is 152 Å². The number of aromatic amines is 2. The molecule has 0 radical (unpaired) electrons. The van der Waals surface area contributed by atoms with E-state index in [-0.39, 0.29) is 5.02 Å². The van der Waals surface area contributed by atoms with E-state index in [2.05, 4.69) is 20.2 Å². The fourth-order valence-corrected chi connectivity index (χ4v) is 2.81. The van der Waals surface area contributed by atoms with Gasteiger partial charge in [0.05, 0.1) is 35.1 Å². The van der Waals surface area contributed by atoms with E-state index in [9.17, 15) is 9.18 Å². The first-order valence-corrected chi connectivity index (χ1v) is 8.02. The largest absolute Gasteiger partial charge is 0.465 e. The number of imidazole rings is 1. The first-order chi connectivity index (χ1) is 12.6. The van der Waals surface area contributed by atoms with E-state index in [0.717, 1.165) is 10.9 Å². The lowest BCUT2D eigenvalue weighted by Crippen LogP contribution is -2.00. The number of rotatable bonds is 3. The van der Waals surface area contributed by atoms with Crippen LogP contribution in [-0.4, -0.2) is 33.2 Å². The zero-order chi connectivity index (χ0) is 18.3. The quantitative estimate of drug-likeness (QED) is 0.529. The van der Waals surface area contributed by atoms with Crippen molar-refractivity contribution in [1.29, 1.82) is 0 Å². The molecule has 0 aliphatic carbocycles. The highest BCUT2D eigenvalue weighted by atomic mass is 35.5. The van der Waals surface area contributed by atoms with Crippen molar-refractivity contribution < 1.29 is 13.9 Å². The molecule has 0 saturated carbocycles. The maximum absolute atomic E-state index is 13.7. The van der Waals surface area contributed by atoms with Crippen LogP contribution in [0.1, 0.15) is 10.4 Å². The van der Waals surface area contributed by atoms with Crippen molar-refractivity contribution in [3.05, 3.63) is 59.0 Å². The number of nitrogens with zero attached hydrogens (tertiary/aromatic N) is 2. The lowest BCUT2D eigenvalue weighted by molar-refractivity contribution is 0.0601. The third kappa shape index (κ3) is 2.72. The molecular weight excluding hydrogens is 359 g/mol. The molecule has 4 rings (SSSR count). The lowest BCUT2D eigenvalue weighted by atomic mass is 10.1. The van der Waals surface area contributed by atoms with E-state index < -0.39 is 11.8 Å². The van der Waals surface area contributed by atoms with Gasteiger partial charge >= 0.3 is 5.97 Å². The van der Waals surface area contributed by atoms with Crippen molar-refractivity contribution in [1.82, 2.24) is 20.2 Å². The van der Waals surface area contributed by atoms with E-state index in [1.807, 2.05) is 0 Å². The summed E-state index contributed by atoms with van der Waals surface area (Å²) in [5, 5.41) is 7.94. The van der Waals surface area contributed by atoms with Gasteiger partial charge in [-0.15, -0.1) is 0 Å². The summed E-state index contributed by atoms with van der Waals surface area (Å²) >= 11 is 5.72. The maximum Gasteiger partial charge on any atom is 0.337 e. The number of carbonyl (C=O) groups excluding carboxylic acids is 1. The number of H-pyrrole nitrogens is 2. The van der Waals surface area contributed by atoms with Crippen LogP contribution in [0, 0.1) is 5.82 Å². The first kappa shape index (κ1) is 16.3. The zero-order valence-corrected chi connectivity index (χ0v) is 14.3. The summed E-state index contributed by atoms with van der Waals surface area (Å²) in [6.07, 6.45) is 1.59. The molecule has 0 aliphatic heterocycles. The van der Waals surface area contributed by atoms with Crippen molar-refractivity contribution in [2.24, 2.45) is 0 Å². The van der Waals surface area contributed by atoms with Crippen LogP contribution in [0.4, 0.5) is 4.39 Å². The second kappa shape index (κ2) is 6.27. The molecule has 130 valence electrons. The number of aromatic nitrogens is 4. The predicted octanol–water partition coefficient (Wildman–Crippen LogP) is 4.20. The van der Waals surface area contributed by atoms with Gasteiger partial charge in [-0.2, -0.15) is 5.10 Å². The fraction of sp³-hybridized carbons (Fsp3) is 0.0556. The number of carbonyl (C=O) groups is 1. The Morgan fingerprint density at radius 1 is 1.23 bits per heavy atom. The molecule has 2 heterocycles.